The minimum atomic E-state index is -0.936. The molecule has 0 radical (unpaired) electrons. The average molecular weight is 358 g/mol. The predicted molar refractivity (Wildman–Crippen MR) is 104 cm³/mol. The van der Waals surface area contributed by atoms with Crippen molar-refractivity contribution >= 4 is 29.1 Å². The van der Waals surface area contributed by atoms with Gasteiger partial charge in [0.1, 0.15) is 17.2 Å². The summed E-state index contributed by atoms with van der Waals surface area (Å²) in [7, 11) is 0. The zero-order chi connectivity index (χ0) is 18.8. The number of fused-ring (bicyclic) bond motifs is 1. The number of carbonyl (C=O) groups is 1. The van der Waals surface area contributed by atoms with E-state index in [1.807, 2.05) is 42.5 Å². The standard InChI is InChI=1S/C23H15FO3/c24-20-11-12-21-19(13-20)14-22(27-21)17-7-3-15(4-8-17)1-2-16-5-9-18(10-6-16)23(25)26/h1-14H,(H,25,26)/b2-1+. The topological polar surface area (TPSA) is 50.4 Å². The Balaban J connectivity index is 1.53. The van der Waals surface area contributed by atoms with Crippen molar-refractivity contribution in [1.29, 1.82) is 0 Å². The van der Waals surface area contributed by atoms with E-state index in [9.17, 15) is 9.18 Å². The van der Waals surface area contributed by atoms with Crippen LogP contribution in [-0.4, -0.2) is 11.1 Å². The molecule has 132 valence electrons. The number of rotatable bonds is 4. The van der Waals surface area contributed by atoms with Gasteiger partial charge in [0.25, 0.3) is 0 Å². The van der Waals surface area contributed by atoms with Crippen LogP contribution in [0.25, 0.3) is 34.4 Å². The van der Waals surface area contributed by atoms with Crippen LogP contribution in [0.1, 0.15) is 21.5 Å². The highest BCUT2D eigenvalue weighted by atomic mass is 19.1. The van der Waals surface area contributed by atoms with Gasteiger partial charge in [0.05, 0.1) is 5.56 Å². The molecule has 0 fully saturated rings. The molecule has 0 aliphatic carbocycles. The van der Waals surface area contributed by atoms with Crippen molar-refractivity contribution < 1.29 is 18.7 Å². The van der Waals surface area contributed by atoms with Crippen molar-refractivity contribution in [2.45, 2.75) is 0 Å². The van der Waals surface area contributed by atoms with Crippen molar-refractivity contribution in [3.05, 3.63) is 95.3 Å². The molecule has 0 amide bonds. The highest BCUT2D eigenvalue weighted by Gasteiger charge is 2.07. The second-order valence-corrected chi connectivity index (χ2v) is 6.18. The lowest BCUT2D eigenvalue weighted by Crippen LogP contribution is -1.94. The molecule has 1 heterocycles. The maximum Gasteiger partial charge on any atom is 0.335 e. The van der Waals surface area contributed by atoms with E-state index in [4.69, 9.17) is 9.52 Å². The number of carboxylic acid groups (broad SMARTS) is 1. The smallest absolute Gasteiger partial charge is 0.335 e. The van der Waals surface area contributed by atoms with Gasteiger partial charge in [-0.15, -0.1) is 0 Å². The number of carboxylic acids is 1. The third-order valence-corrected chi connectivity index (χ3v) is 4.30. The normalized spacial score (nSPS) is 11.3. The summed E-state index contributed by atoms with van der Waals surface area (Å²) >= 11 is 0. The fourth-order valence-electron chi connectivity index (χ4n) is 2.84. The van der Waals surface area contributed by atoms with Gasteiger partial charge >= 0.3 is 5.97 Å². The van der Waals surface area contributed by atoms with Crippen LogP contribution in [0.4, 0.5) is 4.39 Å². The van der Waals surface area contributed by atoms with Crippen molar-refractivity contribution in [2.75, 3.05) is 0 Å². The van der Waals surface area contributed by atoms with Crippen LogP contribution >= 0.6 is 0 Å². The number of aromatic carboxylic acids is 1. The molecule has 4 heteroatoms. The third-order valence-electron chi connectivity index (χ3n) is 4.30. The van der Waals surface area contributed by atoms with E-state index < -0.39 is 5.97 Å². The lowest BCUT2D eigenvalue weighted by Gasteiger charge is -1.99. The molecule has 4 aromatic rings. The highest BCUT2D eigenvalue weighted by Crippen LogP contribution is 2.28. The van der Waals surface area contributed by atoms with Crippen LogP contribution in [0.3, 0.4) is 0 Å². The minimum absolute atomic E-state index is 0.266. The molecule has 1 aromatic heterocycles. The third kappa shape index (κ3) is 3.65. The van der Waals surface area contributed by atoms with E-state index in [0.717, 1.165) is 22.1 Å². The van der Waals surface area contributed by atoms with Crippen molar-refractivity contribution in [2.24, 2.45) is 0 Å². The number of hydrogen-bond donors (Lipinski definition) is 1. The van der Waals surface area contributed by atoms with E-state index in [1.165, 1.54) is 12.1 Å². The Labute approximate surface area is 155 Å². The number of halogens is 1. The summed E-state index contributed by atoms with van der Waals surface area (Å²) in [6.07, 6.45) is 3.87. The lowest BCUT2D eigenvalue weighted by molar-refractivity contribution is 0.0697. The SMILES string of the molecule is O=C(O)c1ccc(/C=C/c2ccc(-c3cc4cc(F)ccc4o3)cc2)cc1. The first-order valence-electron chi connectivity index (χ1n) is 8.39. The molecule has 0 spiro atoms. The second-order valence-electron chi connectivity index (χ2n) is 6.18. The van der Waals surface area contributed by atoms with Crippen molar-refractivity contribution in [3.8, 4) is 11.3 Å². The van der Waals surface area contributed by atoms with Gasteiger partial charge in [-0.3, -0.25) is 0 Å². The van der Waals surface area contributed by atoms with Gasteiger partial charge in [0.2, 0.25) is 0 Å². The Morgan fingerprint density at radius 2 is 1.48 bits per heavy atom. The molecule has 0 aliphatic rings. The average Bonchev–Trinajstić information content (AvgIpc) is 3.10. The van der Waals surface area contributed by atoms with Gasteiger partial charge in [-0.1, -0.05) is 48.6 Å². The van der Waals surface area contributed by atoms with Gasteiger partial charge < -0.3 is 9.52 Å². The molecule has 0 saturated heterocycles. The Kier molecular flexibility index (Phi) is 4.30. The summed E-state index contributed by atoms with van der Waals surface area (Å²) in [5.74, 6) is -0.531. The molecule has 4 rings (SSSR count). The van der Waals surface area contributed by atoms with E-state index in [-0.39, 0.29) is 11.4 Å². The Hall–Kier alpha value is -3.66. The fraction of sp³-hybridized carbons (Fsp3) is 0. The summed E-state index contributed by atoms with van der Waals surface area (Å²) in [5.41, 5.74) is 3.75. The van der Waals surface area contributed by atoms with Crippen LogP contribution in [-0.2, 0) is 0 Å². The first kappa shape index (κ1) is 16.8. The van der Waals surface area contributed by atoms with Crippen molar-refractivity contribution in [3.63, 3.8) is 0 Å². The molecule has 27 heavy (non-hydrogen) atoms. The zero-order valence-electron chi connectivity index (χ0n) is 14.2. The Bertz CT molecular complexity index is 1140. The fourth-order valence-corrected chi connectivity index (χ4v) is 2.84. The van der Waals surface area contributed by atoms with Gasteiger partial charge in [-0.05, 0) is 47.5 Å². The second kappa shape index (κ2) is 6.92. The van der Waals surface area contributed by atoms with E-state index in [1.54, 1.807) is 30.3 Å². The molecular formula is C23H15FO3. The predicted octanol–water partition coefficient (Wildman–Crippen LogP) is 6.11. The van der Waals surface area contributed by atoms with Gasteiger partial charge in [0, 0.05) is 10.9 Å². The molecule has 1 N–H and O–H groups in total. The van der Waals surface area contributed by atoms with E-state index in [0.29, 0.717) is 11.3 Å². The first-order valence-corrected chi connectivity index (χ1v) is 8.39. The number of benzene rings is 3. The molecule has 0 unspecified atom stereocenters. The van der Waals surface area contributed by atoms with Gasteiger partial charge in [-0.25, -0.2) is 9.18 Å². The van der Waals surface area contributed by atoms with Crippen LogP contribution in [0, 0.1) is 5.82 Å². The van der Waals surface area contributed by atoms with Crippen LogP contribution in [0.15, 0.2) is 77.2 Å². The largest absolute Gasteiger partial charge is 0.478 e. The zero-order valence-corrected chi connectivity index (χ0v) is 14.2. The monoisotopic (exact) mass is 358 g/mol. The Morgan fingerprint density at radius 3 is 2.11 bits per heavy atom. The number of furan rings is 1. The Morgan fingerprint density at radius 1 is 0.852 bits per heavy atom. The molecule has 3 nitrogen and oxygen atoms in total. The molecular weight excluding hydrogens is 343 g/mol. The molecule has 0 bridgehead atoms. The van der Waals surface area contributed by atoms with Crippen LogP contribution in [0.5, 0.6) is 0 Å². The lowest BCUT2D eigenvalue weighted by atomic mass is 10.1. The summed E-state index contributed by atoms with van der Waals surface area (Å²) in [5, 5.41) is 9.65. The molecule has 3 aromatic carbocycles. The molecule has 0 aliphatic heterocycles. The van der Waals surface area contributed by atoms with Crippen molar-refractivity contribution in [1.82, 2.24) is 0 Å². The highest BCUT2D eigenvalue weighted by molar-refractivity contribution is 5.88. The quantitative estimate of drug-likeness (QED) is 0.448. The van der Waals surface area contributed by atoms with E-state index >= 15 is 0 Å². The maximum absolute atomic E-state index is 13.3. The summed E-state index contributed by atoms with van der Waals surface area (Å²) in [4.78, 5) is 10.9. The summed E-state index contributed by atoms with van der Waals surface area (Å²) in [6, 6.07) is 20.8. The maximum atomic E-state index is 13.3. The summed E-state index contributed by atoms with van der Waals surface area (Å²) < 4.78 is 19.1. The van der Waals surface area contributed by atoms with Gasteiger partial charge in [-0.2, -0.15) is 0 Å². The number of hydrogen-bond acceptors (Lipinski definition) is 2. The summed E-state index contributed by atoms with van der Waals surface area (Å²) in [6.45, 7) is 0. The minimum Gasteiger partial charge on any atom is -0.478 e. The van der Waals surface area contributed by atoms with Gasteiger partial charge in [0.15, 0.2) is 0 Å². The molecule has 0 saturated carbocycles. The first-order chi connectivity index (χ1) is 13.1. The molecule has 0 atom stereocenters. The van der Waals surface area contributed by atoms with Crippen LogP contribution < -0.4 is 0 Å². The van der Waals surface area contributed by atoms with E-state index in [2.05, 4.69) is 0 Å². The van der Waals surface area contributed by atoms with Crippen LogP contribution in [0.2, 0.25) is 0 Å².